The zero-order valence-corrected chi connectivity index (χ0v) is 9.30. The Bertz CT molecular complexity index is 359. The van der Waals surface area contributed by atoms with Crippen molar-refractivity contribution in [1.29, 1.82) is 0 Å². The van der Waals surface area contributed by atoms with Gasteiger partial charge >= 0.3 is 5.97 Å². The highest BCUT2D eigenvalue weighted by atomic mass is 16.7. The van der Waals surface area contributed by atoms with Crippen molar-refractivity contribution in [3.8, 4) is 0 Å². The number of benzene rings is 1. The van der Waals surface area contributed by atoms with E-state index in [-0.39, 0.29) is 0 Å². The van der Waals surface area contributed by atoms with Gasteiger partial charge in [0.15, 0.2) is 0 Å². The second-order valence-corrected chi connectivity index (χ2v) is 3.12. The highest BCUT2D eigenvalue weighted by molar-refractivity contribution is 6.40. The third-order valence-corrected chi connectivity index (χ3v) is 1.90. The number of hydrogen-bond donors (Lipinski definition) is 0. The Morgan fingerprint density at radius 1 is 1.25 bits per heavy atom. The molecule has 0 bridgehead atoms. The molecule has 1 aromatic rings. The maximum Gasteiger partial charge on any atom is 0.381 e. The molecule has 0 saturated heterocycles. The van der Waals surface area contributed by atoms with Crippen LogP contribution in [0.1, 0.15) is 24.2 Å². The molecule has 1 aromatic carbocycles. The molecule has 0 radical (unpaired) electrons. The molecule has 0 aliphatic carbocycles. The van der Waals surface area contributed by atoms with E-state index in [0.717, 1.165) is 0 Å². The van der Waals surface area contributed by atoms with Gasteiger partial charge in [-0.2, -0.15) is 0 Å². The van der Waals surface area contributed by atoms with Gasteiger partial charge in [-0.15, -0.1) is 0 Å². The quantitative estimate of drug-likeness (QED) is 0.330. The smallest absolute Gasteiger partial charge is 0.381 e. The normalized spacial score (nSPS) is 11.9. The molecular formula is C12H14O4. The Labute approximate surface area is 94.2 Å². The molecule has 0 fully saturated rings. The lowest BCUT2D eigenvalue weighted by molar-refractivity contribution is -0.167. The SMILES string of the molecule is CCOC(C)OC(=O)C(=O)c1ccccc1. The van der Waals surface area contributed by atoms with E-state index in [9.17, 15) is 9.59 Å². The molecule has 1 unspecified atom stereocenters. The topological polar surface area (TPSA) is 52.6 Å². The van der Waals surface area contributed by atoms with Gasteiger partial charge in [-0.25, -0.2) is 4.79 Å². The van der Waals surface area contributed by atoms with E-state index >= 15 is 0 Å². The standard InChI is InChI=1S/C12H14O4/c1-3-15-9(2)16-12(14)11(13)10-7-5-4-6-8-10/h4-9H,3H2,1-2H3. The first-order valence-corrected chi connectivity index (χ1v) is 5.07. The minimum atomic E-state index is -0.896. The predicted molar refractivity (Wildman–Crippen MR) is 58.0 cm³/mol. The summed E-state index contributed by atoms with van der Waals surface area (Å²) in [7, 11) is 0. The number of ketones is 1. The molecule has 0 heterocycles. The van der Waals surface area contributed by atoms with Gasteiger partial charge in [0.2, 0.25) is 6.29 Å². The molecule has 86 valence electrons. The summed E-state index contributed by atoms with van der Waals surface area (Å²) in [6.07, 6.45) is -0.704. The third kappa shape index (κ3) is 3.47. The van der Waals surface area contributed by atoms with Gasteiger partial charge < -0.3 is 9.47 Å². The van der Waals surface area contributed by atoms with Crippen LogP contribution in [-0.4, -0.2) is 24.6 Å². The first-order valence-electron chi connectivity index (χ1n) is 5.07. The Balaban J connectivity index is 2.58. The number of esters is 1. The number of hydrogen-bond acceptors (Lipinski definition) is 4. The molecule has 0 amide bonds. The molecule has 1 atom stereocenters. The third-order valence-electron chi connectivity index (χ3n) is 1.90. The largest absolute Gasteiger partial charge is 0.430 e. The van der Waals surface area contributed by atoms with Gasteiger partial charge in [-0.1, -0.05) is 30.3 Å². The minimum Gasteiger partial charge on any atom is -0.430 e. The highest BCUT2D eigenvalue weighted by Gasteiger charge is 2.19. The monoisotopic (exact) mass is 222 g/mol. The van der Waals surface area contributed by atoms with E-state index in [4.69, 9.17) is 9.47 Å². The fourth-order valence-corrected chi connectivity index (χ4v) is 1.18. The van der Waals surface area contributed by atoms with Crippen LogP contribution in [0.25, 0.3) is 0 Å². The van der Waals surface area contributed by atoms with Gasteiger partial charge in [0, 0.05) is 12.2 Å². The molecule has 0 aliphatic rings. The number of carbonyl (C=O) groups is 2. The summed E-state index contributed by atoms with van der Waals surface area (Å²) in [5.41, 5.74) is 0.316. The van der Waals surface area contributed by atoms with Crippen LogP contribution in [0.15, 0.2) is 30.3 Å². The lowest BCUT2D eigenvalue weighted by Gasteiger charge is -2.11. The van der Waals surface area contributed by atoms with Crippen LogP contribution >= 0.6 is 0 Å². The van der Waals surface area contributed by atoms with Crippen molar-refractivity contribution in [2.24, 2.45) is 0 Å². The number of carbonyl (C=O) groups excluding carboxylic acids is 2. The average molecular weight is 222 g/mol. The van der Waals surface area contributed by atoms with Crippen LogP contribution in [0.5, 0.6) is 0 Å². The van der Waals surface area contributed by atoms with Crippen LogP contribution < -0.4 is 0 Å². The summed E-state index contributed by atoms with van der Waals surface area (Å²) >= 11 is 0. The lowest BCUT2D eigenvalue weighted by Crippen LogP contribution is -2.24. The summed E-state index contributed by atoms with van der Waals surface area (Å²) in [5, 5.41) is 0. The minimum absolute atomic E-state index is 0.316. The summed E-state index contributed by atoms with van der Waals surface area (Å²) < 4.78 is 9.80. The fourth-order valence-electron chi connectivity index (χ4n) is 1.18. The van der Waals surface area contributed by atoms with E-state index in [2.05, 4.69) is 0 Å². The first kappa shape index (κ1) is 12.4. The molecule has 1 rings (SSSR count). The Morgan fingerprint density at radius 2 is 1.88 bits per heavy atom. The summed E-state index contributed by atoms with van der Waals surface area (Å²) in [5.74, 6) is -1.56. The van der Waals surface area contributed by atoms with Crippen molar-refractivity contribution in [2.75, 3.05) is 6.61 Å². The van der Waals surface area contributed by atoms with Gasteiger partial charge in [0.05, 0.1) is 0 Å². The number of rotatable bonds is 5. The summed E-state index contributed by atoms with van der Waals surface area (Å²) in [4.78, 5) is 22.9. The molecule has 4 nitrogen and oxygen atoms in total. The Morgan fingerprint density at radius 3 is 2.44 bits per heavy atom. The molecule has 0 saturated carbocycles. The van der Waals surface area contributed by atoms with Crippen LogP contribution in [0.3, 0.4) is 0 Å². The van der Waals surface area contributed by atoms with Crippen LogP contribution in [-0.2, 0) is 14.3 Å². The average Bonchev–Trinajstić information content (AvgIpc) is 2.29. The van der Waals surface area contributed by atoms with Crippen molar-refractivity contribution in [1.82, 2.24) is 0 Å². The molecular weight excluding hydrogens is 208 g/mol. The molecule has 0 N–H and O–H groups in total. The van der Waals surface area contributed by atoms with E-state index in [0.29, 0.717) is 12.2 Å². The molecule has 4 heteroatoms. The first-order chi connectivity index (χ1) is 7.65. The van der Waals surface area contributed by atoms with Gasteiger partial charge in [-0.05, 0) is 13.8 Å². The zero-order valence-electron chi connectivity index (χ0n) is 9.30. The van der Waals surface area contributed by atoms with E-state index < -0.39 is 18.0 Å². The van der Waals surface area contributed by atoms with Crippen LogP contribution in [0, 0.1) is 0 Å². The number of ether oxygens (including phenoxy) is 2. The van der Waals surface area contributed by atoms with Crippen molar-refractivity contribution in [3.05, 3.63) is 35.9 Å². The van der Waals surface area contributed by atoms with Crippen LogP contribution in [0.2, 0.25) is 0 Å². The zero-order chi connectivity index (χ0) is 12.0. The summed E-state index contributed by atoms with van der Waals surface area (Å²) in [6, 6.07) is 8.27. The van der Waals surface area contributed by atoms with E-state index in [1.165, 1.54) is 0 Å². The second-order valence-electron chi connectivity index (χ2n) is 3.12. The van der Waals surface area contributed by atoms with Gasteiger partial charge in [0.25, 0.3) is 5.78 Å². The maximum absolute atomic E-state index is 11.6. The molecule has 0 aromatic heterocycles. The Kier molecular flexibility index (Phi) is 4.66. The molecule has 0 spiro atoms. The Hall–Kier alpha value is -1.68. The maximum atomic E-state index is 11.6. The number of Topliss-reactive ketones (excluding diaryl/α,β-unsaturated/α-hetero) is 1. The second kappa shape index (κ2) is 6.02. The van der Waals surface area contributed by atoms with Crippen molar-refractivity contribution in [3.63, 3.8) is 0 Å². The molecule has 0 aliphatic heterocycles. The highest BCUT2D eigenvalue weighted by Crippen LogP contribution is 2.03. The van der Waals surface area contributed by atoms with Crippen molar-refractivity contribution >= 4 is 11.8 Å². The molecule has 16 heavy (non-hydrogen) atoms. The van der Waals surface area contributed by atoms with Gasteiger partial charge in [0.1, 0.15) is 0 Å². The fraction of sp³-hybridized carbons (Fsp3) is 0.333. The van der Waals surface area contributed by atoms with Crippen molar-refractivity contribution < 1.29 is 19.1 Å². The predicted octanol–water partition coefficient (Wildman–Crippen LogP) is 1.79. The van der Waals surface area contributed by atoms with E-state index in [1.54, 1.807) is 44.2 Å². The van der Waals surface area contributed by atoms with Gasteiger partial charge in [-0.3, -0.25) is 4.79 Å². The van der Waals surface area contributed by atoms with E-state index in [1.807, 2.05) is 0 Å². The summed E-state index contributed by atoms with van der Waals surface area (Å²) in [6.45, 7) is 3.77. The van der Waals surface area contributed by atoms with Crippen molar-refractivity contribution in [2.45, 2.75) is 20.1 Å². The van der Waals surface area contributed by atoms with Crippen LogP contribution in [0.4, 0.5) is 0 Å². The lowest BCUT2D eigenvalue weighted by atomic mass is 10.1.